The Labute approximate surface area is 148 Å². The Kier molecular flexibility index (Phi) is 4.77. The SMILES string of the molecule is O=[N+]([O-])c1cccc(CN(c2nccs2)S(=O)(=O)c2ccccc2)c1. The van der Waals surface area contributed by atoms with E-state index in [0.29, 0.717) is 10.7 Å². The standard InChI is InChI=1S/C16H13N3O4S2/c20-19(21)14-6-4-5-13(11-14)12-18(16-17-9-10-24-16)25(22,23)15-7-2-1-3-8-15/h1-11H,12H2. The molecule has 1 heterocycles. The van der Waals surface area contributed by atoms with Crippen molar-refractivity contribution in [1.82, 2.24) is 4.98 Å². The molecule has 128 valence electrons. The maximum absolute atomic E-state index is 13.0. The molecular formula is C16H13N3O4S2. The van der Waals surface area contributed by atoms with Gasteiger partial charge >= 0.3 is 0 Å². The number of nitro groups is 1. The summed E-state index contributed by atoms with van der Waals surface area (Å²) in [4.78, 5) is 14.7. The maximum atomic E-state index is 13.0. The van der Waals surface area contributed by atoms with Gasteiger partial charge in [-0.05, 0) is 17.7 Å². The average molecular weight is 375 g/mol. The lowest BCUT2D eigenvalue weighted by atomic mass is 10.2. The molecule has 3 aromatic rings. The van der Waals surface area contributed by atoms with Crippen LogP contribution < -0.4 is 4.31 Å². The Morgan fingerprint density at radius 3 is 2.52 bits per heavy atom. The van der Waals surface area contributed by atoms with E-state index in [9.17, 15) is 18.5 Å². The van der Waals surface area contributed by atoms with Crippen LogP contribution in [0.25, 0.3) is 0 Å². The van der Waals surface area contributed by atoms with Gasteiger partial charge < -0.3 is 0 Å². The smallest absolute Gasteiger partial charge is 0.258 e. The minimum absolute atomic E-state index is 0.0492. The van der Waals surface area contributed by atoms with Gasteiger partial charge in [-0.1, -0.05) is 30.3 Å². The fourth-order valence-electron chi connectivity index (χ4n) is 2.25. The van der Waals surface area contributed by atoms with Crippen molar-refractivity contribution in [2.45, 2.75) is 11.4 Å². The molecule has 0 saturated carbocycles. The fraction of sp³-hybridized carbons (Fsp3) is 0.0625. The molecular weight excluding hydrogens is 362 g/mol. The van der Waals surface area contributed by atoms with Gasteiger partial charge in [-0.3, -0.25) is 10.1 Å². The molecule has 9 heteroatoms. The highest BCUT2D eigenvalue weighted by Crippen LogP contribution is 2.28. The van der Waals surface area contributed by atoms with E-state index in [4.69, 9.17) is 0 Å². The molecule has 3 rings (SSSR count). The highest BCUT2D eigenvalue weighted by Gasteiger charge is 2.27. The van der Waals surface area contributed by atoms with Gasteiger partial charge in [-0.2, -0.15) is 0 Å². The van der Waals surface area contributed by atoms with Crippen LogP contribution in [0.15, 0.2) is 71.1 Å². The third-order valence-corrected chi connectivity index (χ3v) is 6.07. The average Bonchev–Trinajstić information content (AvgIpc) is 3.14. The summed E-state index contributed by atoms with van der Waals surface area (Å²) in [6.07, 6.45) is 1.51. The van der Waals surface area contributed by atoms with Crippen LogP contribution in [0.5, 0.6) is 0 Å². The number of hydrogen-bond acceptors (Lipinski definition) is 6. The predicted molar refractivity (Wildman–Crippen MR) is 95.0 cm³/mol. The molecule has 0 fully saturated rings. The molecule has 0 spiro atoms. The number of thiazole rings is 1. The van der Waals surface area contributed by atoms with Gasteiger partial charge in [-0.15, -0.1) is 11.3 Å². The van der Waals surface area contributed by atoms with Crippen molar-refractivity contribution in [3.8, 4) is 0 Å². The summed E-state index contributed by atoms with van der Waals surface area (Å²) in [6, 6.07) is 13.9. The first kappa shape index (κ1) is 17.1. The maximum Gasteiger partial charge on any atom is 0.269 e. The minimum atomic E-state index is -3.84. The number of hydrogen-bond donors (Lipinski definition) is 0. The zero-order valence-electron chi connectivity index (χ0n) is 12.8. The predicted octanol–water partition coefficient (Wildman–Crippen LogP) is 3.45. The summed E-state index contributed by atoms with van der Waals surface area (Å²) in [5, 5.41) is 12.9. The number of rotatable bonds is 6. The third-order valence-electron chi connectivity index (χ3n) is 3.41. The first-order valence-electron chi connectivity index (χ1n) is 7.19. The zero-order valence-corrected chi connectivity index (χ0v) is 14.5. The molecule has 0 unspecified atom stereocenters. The number of anilines is 1. The van der Waals surface area contributed by atoms with E-state index in [1.165, 1.54) is 47.9 Å². The highest BCUT2D eigenvalue weighted by atomic mass is 32.2. The van der Waals surface area contributed by atoms with Crippen molar-refractivity contribution in [1.29, 1.82) is 0 Å². The van der Waals surface area contributed by atoms with Gasteiger partial charge in [0.25, 0.3) is 15.7 Å². The summed E-state index contributed by atoms with van der Waals surface area (Å²) in [5.74, 6) is 0. The van der Waals surface area contributed by atoms with Gasteiger partial charge in [0.2, 0.25) is 0 Å². The van der Waals surface area contributed by atoms with E-state index in [2.05, 4.69) is 4.98 Å². The number of aromatic nitrogens is 1. The van der Waals surface area contributed by atoms with E-state index < -0.39 is 14.9 Å². The van der Waals surface area contributed by atoms with Crippen LogP contribution in [0.3, 0.4) is 0 Å². The minimum Gasteiger partial charge on any atom is -0.258 e. The molecule has 0 aliphatic heterocycles. The van der Waals surface area contributed by atoms with Gasteiger partial charge in [0, 0.05) is 23.7 Å². The summed E-state index contributed by atoms with van der Waals surface area (Å²) in [6.45, 7) is -0.0492. The molecule has 0 amide bonds. The van der Waals surface area contributed by atoms with Gasteiger partial charge in [0.15, 0.2) is 5.13 Å². The first-order chi connectivity index (χ1) is 12.0. The van der Waals surface area contributed by atoms with Crippen molar-refractivity contribution in [3.05, 3.63) is 81.9 Å². The Balaban J connectivity index is 2.03. The largest absolute Gasteiger partial charge is 0.269 e. The Bertz CT molecular complexity index is 974. The van der Waals surface area contributed by atoms with Gasteiger partial charge in [-0.25, -0.2) is 17.7 Å². The summed E-state index contributed by atoms with van der Waals surface area (Å²) < 4.78 is 27.2. The number of benzene rings is 2. The second kappa shape index (κ2) is 6.99. The van der Waals surface area contributed by atoms with E-state index in [1.54, 1.807) is 29.6 Å². The van der Waals surface area contributed by atoms with Crippen LogP contribution in [0.1, 0.15) is 5.56 Å². The number of sulfonamides is 1. The molecule has 2 aromatic carbocycles. The number of nitro benzene ring substituents is 1. The van der Waals surface area contributed by atoms with Crippen molar-refractivity contribution in [2.24, 2.45) is 0 Å². The van der Waals surface area contributed by atoms with Crippen LogP contribution in [-0.4, -0.2) is 18.3 Å². The molecule has 1 aromatic heterocycles. The molecule has 0 bridgehead atoms. The van der Waals surface area contributed by atoms with Crippen LogP contribution in [0, 0.1) is 10.1 Å². The normalized spacial score (nSPS) is 11.2. The molecule has 0 saturated heterocycles. The molecule has 25 heavy (non-hydrogen) atoms. The van der Waals surface area contributed by atoms with E-state index in [-0.39, 0.29) is 17.1 Å². The summed E-state index contributed by atoms with van der Waals surface area (Å²) in [5.41, 5.74) is 0.414. The van der Waals surface area contributed by atoms with Crippen molar-refractivity contribution < 1.29 is 13.3 Å². The molecule has 0 radical (unpaired) electrons. The van der Waals surface area contributed by atoms with E-state index in [0.717, 1.165) is 4.31 Å². The van der Waals surface area contributed by atoms with Crippen LogP contribution in [0.4, 0.5) is 10.8 Å². The monoisotopic (exact) mass is 375 g/mol. The molecule has 0 N–H and O–H groups in total. The van der Waals surface area contributed by atoms with Crippen molar-refractivity contribution in [2.75, 3.05) is 4.31 Å². The number of non-ortho nitro benzene ring substituents is 1. The van der Waals surface area contributed by atoms with Crippen LogP contribution in [-0.2, 0) is 16.6 Å². The van der Waals surface area contributed by atoms with Crippen LogP contribution in [0.2, 0.25) is 0 Å². The molecule has 7 nitrogen and oxygen atoms in total. The van der Waals surface area contributed by atoms with Crippen molar-refractivity contribution in [3.63, 3.8) is 0 Å². The third kappa shape index (κ3) is 3.67. The number of nitrogens with zero attached hydrogens (tertiary/aromatic N) is 3. The van der Waals surface area contributed by atoms with E-state index >= 15 is 0 Å². The zero-order chi connectivity index (χ0) is 17.9. The van der Waals surface area contributed by atoms with Crippen molar-refractivity contribution >= 4 is 32.2 Å². The second-order valence-electron chi connectivity index (χ2n) is 5.07. The Hall–Kier alpha value is -2.78. The lowest BCUT2D eigenvalue weighted by Gasteiger charge is -2.21. The van der Waals surface area contributed by atoms with Crippen LogP contribution >= 0.6 is 11.3 Å². The lowest BCUT2D eigenvalue weighted by molar-refractivity contribution is -0.384. The van der Waals surface area contributed by atoms with Gasteiger partial charge in [0.05, 0.1) is 16.4 Å². The second-order valence-corrected chi connectivity index (χ2v) is 7.80. The summed E-state index contributed by atoms with van der Waals surface area (Å²) >= 11 is 1.18. The molecule has 0 aliphatic rings. The summed E-state index contributed by atoms with van der Waals surface area (Å²) in [7, 11) is -3.84. The lowest BCUT2D eigenvalue weighted by Crippen LogP contribution is -2.30. The molecule has 0 atom stereocenters. The Morgan fingerprint density at radius 1 is 1.12 bits per heavy atom. The van der Waals surface area contributed by atoms with E-state index in [1.807, 2.05) is 0 Å². The Morgan fingerprint density at radius 2 is 1.88 bits per heavy atom. The fourth-order valence-corrected chi connectivity index (χ4v) is 4.55. The molecule has 0 aliphatic carbocycles. The first-order valence-corrected chi connectivity index (χ1v) is 9.51. The highest BCUT2D eigenvalue weighted by molar-refractivity contribution is 7.93. The van der Waals surface area contributed by atoms with Gasteiger partial charge in [0.1, 0.15) is 0 Å². The topological polar surface area (TPSA) is 93.4 Å². The quantitative estimate of drug-likeness (QED) is 0.486.